The molecule has 0 radical (unpaired) electrons. The van der Waals surface area contributed by atoms with E-state index in [-0.39, 0.29) is 12.6 Å². The van der Waals surface area contributed by atoms with Crippen LogP contribution in [-0.4, -0.2) is 49.9 Å². The van der Waals surface area contributed by atoms with E-state index in [1.54, 1.807) is 7.11 Å². The van der Waals surface area contributed by atoms with Gasteiger partial charge in [0.15, 0.2) is 11.5 Å². The summed E-state index contributed by atoms with van der Waals surface area (Å²) < 4.78 is 11.4. The minimum atomic E-state index is -0.666. The van der Waals surface area contributed by atoms with E-state index in [1.165, 1.54) is 0 Å². The molecule has 1 heterocycles. The molecule has 1 unspecified atom stereocenters. The molecule has 0 spiro atoms. The second-order valence-corrected chi connectivity index (χ2v) is 5.28. The van der Waals surface area contributed by atoms with Crippen molar-refractivity contribution in [3.63, 3.8) is 0 Å². The highest BCUT2D eigenvalue weighted by Crippen LogP contribution is 2.32. The fourth-order valence-corrected chi connectivity index (χ4v) is 2.41. The number of nitrogens with zero attached hydrogens (tertiary/aromatic N) is 1. The van der Waals surface area contributed by atoms with Crippen LogP contribution in [0.4, 0.5) is 0 Å². The summed E-state index contributed by atoms with van der Waals surface area (Å²) in [5.41, 5.74) is 6.26. The summed E-state index contributed by atoms with van der Waals surface area (Å²) in [5.74, 6) is 1.38. The van der Waals surface area contributed by atoms with E-state index in [2.05, 4.69) is 11.9 Å². The van der Waals surface area contributed by atoms with Crippen molar-refractivity contribution in [2.24, 2.45) is 5.73 Å². The minimum Gasteiger partial charge on any atom is -0.493 e. The van der Waals surface area contributed by atoms with Crippen LogP contribution in [-0.2, 0) is 0 Å². The maximum atomic E-state index is 9.83. The Labute approximate surface area is 120 Å². The number of ether oxygens (including phenoxy) is 2. The number of hydrogen-bond acceptors (Lipinski definition) is 5. The minimum absolute atomic E-state index is 0.194. The van der Waals surface area contributed by atoms with Crippen LogP contribution < -0.4 is 15.2 Å². The maximum Gasteiger partial charge on any atom is 0.161 e. The average molecular weight is 280 g/mol. The largest absolute Gasteiger partial charge is 0.493 e. The highest BCUT2D eigenvalue weighted by atomic mass is 16.5. The Morgan fingerprint density at radius 1 is 1.35 bits per heavy atom. The van der Waals surface area contributed by atoms with Crippen LogP contribution in [0.3, 0.4) is 0 Å². The molecule has 112 valence electrons. The number of likely N-dealkylation sites (tertiary alicyclic amines) is 1. The van der Waals surface area contributed by atoms with E-state index in [0.717, 1.165) is 31.5 Å². The summed E-state index contributed by atoms with van der Waals surface area (Å²) in [6.07, 6.45) is 1.54. The third kappa shape index (κ3) is 3.62. The molecule has 0 bridgehead atoms. The first kappa shape index (κ1) is 15.1. The van der Waals surface area contributed by atoms with Crippen LogP contribution in [0.25, 0.3) is 0 Å². The van der Waals surface area contributed by atoms with Crippen molar-refractivity contribution in [3.8, 4) is 11.5 Å². The molecule has 2 rings (SSSR count). The number of rotatable bonds is 5. The Morgan fingerprint density at radius 2 is 2.05 bits per heavy atom. The van der Waals surface area contributed by atoms with Crippen LogP contribution in [0.15, 0.2) is 18.2 Å². The zero-order valence-corrected chi connectivity index (χ0v) is 12.2. The average Bonchev–Trinajstić information content (AvgIpc) is 2.48. The van der Waals surface area contributed by atoms with Gasteiger partial charge in [0, 0.05) is 19.6 Å². The van der Waals surface area contributed by atoms with Gasteiger partial charge in [0.25, 0.3) is 0 Å². The summed E-state index contributed by atoms with van der Waals surface area (Å²) in [5, 5.41) is 9.83. The van der Waals surface area contributed by atoms with Gasteiger partial charge in [-0.05, 0) is 37.6 Å². The van der Waals surface area contributed by atoms with Gasteiger partial charge in [0.1, 0.15) is 6.10 Å². The van der Waals surface area contributed by atoms with Gasteiger partial charge in [-0.15, -0.1) is 0 Å². The molecule has 1 aliphatic heterocycles. The number of piperidine rings is 1. The van der Waals surface area contributed by atoms with E-state index >= 15 is 0 Å². The van der Waals surface area contributed by atoms with Crippen molar-refractivity contribution < 1.29 is 14.6 Å². The lowest BCUT2D eigenvalue weighted by molar-refractivity contribution is 0.110. The number of aliphatic hydroxyl groups is 1. The highest BCUT2D eigenvalue weighted by Gasteiger charge is 2.20. The number of nitrogens with two attached hydrogens (primary N) is 1. The van der Waals surface area contributed by atoms with Crippen molar-refractivity contribution in [1.82, 2.24) is 4.90 Å². The zero-order valence-electron chi connectivity index (χ0n) is 12.2. The van der Waals surface area contributed by atoms with Crippen molar-refractivity contribution in [1.29, 1.82) is 0 Å². The first-order chi connectivity index (χ1) is 9.63. The summed E-state index contributed by atoms with van der Waals surface area (Å²) in [7, 11) is 3.74. The van der Waals surface area contributed by atoms with Crippen LogP contribution in [0.5, 0.6) is 11.5 Å². The zero-order chi connectivity index (χ0) is 14.5. The summed E-state index contributed by atoms with van der Waals surface area (Å²) in [6, 6.07) is 5.46. The number of aliphatic hydroxyl groups excluding tert-OH is 1. The number of methoxy groups -OCH3 is 1. The van der Waals surface area contributed by atoms with Gasteiger partial charge in [-0.25, -0.2) is 0 Å². The van der Waals surface area contributed by atoms with Gasteiger partial charge >= 0.3 is 0 Å². The molecule has 1 atom stereocenters. The molecule has 1 aromatic carbocycles. The van der Waals surface area contributed by atoms with Crippen molar-refractivity contribution in [2.75, 3.05) is 33.8 Å². The van der Waals surface area contributed by atoms with Crippen LogP contribution in [0.1, 0.15) is 24.5 Å². The van der Waals surface area contributed by atoms with Crippen molar-refractivity contribution in [3.05, 3.63) is 23.8 Å². The molecule has 0 saturated carbocycles. The Hall–Kier alpha value is -1.30. The molecule has 20 heavy (non-hydrogen) atoms. The van der Waals surface area contributed by atoms with Crippen molar-refractivity contribution >= 4 is 0 Å². The Balaban J connectivity index is 2.11. The second-order valence-electron chi connectivity index (χ2n) is 5.28. The lowest BCUT2D eigenvalue weighted by Gasteiger charge is -2.30. The lowest BCUT2D eigenvalue weighted by atomic mass is 10.1. The summed E-state index contributed by atoms with van der Waals surface area (Å²) >= 11 is 0. The summed E-state index contributed by atoms with van der Waals surface area (Å²) in [4.78, 5) is 2.30. The molecule has 0 aliphatic carbocycles. The van der Waals surface area contributed by atoms with E-state index in [1.807, 2.05) is 18.2 Å². The Kier molecular flexibility index (Phi) is 5.23. The quantitative estimate of drug-likeness (QED) is 0.847. The van der Waals surface area contributed by atoms with Crippen molar-refractivity contribution in [2.45, 2.75) is 25.0 Å². The van der Waals surface area contributed by atoms with Gasteiger partial charge in [-0.3, -0.25) is 0 Å². The predicted molar refractivity (Wildman–Crippen MR) is 78.2 cm³/mol. The molecular formula is C15H24N2O3. The smallest absolute Gasteiger partial charge is 0.161 e. The van der Waals surface area contributed by atoms with E-state index in [4.69, 9.17) is 15.2 Å². The molecule has 1 aliphatic rings. The highest BCUT2D eigenvalue weighted by molar-refractivity contribution is 5.43. The molecule has 3 N–H and O–H groups in total. The SMILES string of the molecule is COc1ccc(C(O)CN)cc1OC1CCN(C)CC1. The molecule has 5 heteroatoms. The summed E-state index contributed by atoms with van der Waals surface area (Å²) in [6.45, 7) is 2.27. The van der Waals surface area contributed by atoms with E-state index in [9.17, 15) is 5.11 Å². The first-order valence-corrected chi connectivity index (χ1v) is 7.05. The fourth-order valence-electron chi connectivity index (χ4n) is 2.41. The lowest BCUT2D eigenvalue weighted by Crippen LogP contribution is -2.35. The van der Waals surface area contributed by atoms with Gasteiger partial charge < -0.3 is 25.2 Å². The standard InChI is InChI=1S/C15H24N2O3/c1-17-7-5-12(6-8-17)20-15-9-11(13(18)10-16)3-4-14(15)19-2/h3-4,9,12-13,18H,5-8,10,16H2,1-2H3. The second kappa shape index (κ2) is 6.92. The van der Waals surface area contributed by atoms with Crippen LogP contribution in [0, 0.1) is 0 Å². The molecule has 5 nitrogen and oxygen atoms in total. The molecule has 1 saturated heterocycles. The topological polar surface area (TPSA) is 68.0 Å². The van der Waals surface area contributed by atoms with E-state index in [0.29, 0.717) is 11.5 Å². The van der Waals surface area contributed by atoms with E-state index < -0.39 is 6.10 Å². The molecule has 0 aromatic heterocycles. The molecular weight excluding hydrogens is 256 g/mol. The first-order valence-electron chi connectivity index (χ1n) is 7.05. The Bertz CT molecular complexity index is 431. The maximum absolute atomic E-state index is 9.83. The van der Waals surface area contributed by atoms with Crippen LogP contribution in [0.2, 0.25) is 0 Å². The van der Waals surface area contributed by atoms with Gasteiger partial charge in [0.2, 0.25) is 0 Å². The third-order valence-corrected chi connectivity index (χ3v) is 3.75. The van der Waals surface area contributed by atoms with Gasteiger partial charge in [-0.2, -0.15) is 0 Å². The third-order valence-electron chi connectivity index (χ3n) is 3.75. The van der Waals surface area contributed by atoms with Gasteiger partial charge in [-0.1, -0.05) is 6.07 Å². The normalized spacial score (nSPS) is 18.8. The number of hydrogen-bond donors (Lipinski definition) is 2. The fraction of sp³-hybridized carbons (Fsp3) is 0.600. The van der Waals surface area contributed by atoms with Gasteiger partial charge in [0.05, 0.1) is 13.2 Å². The number of benzene rings is 1. The molecule has 1 fully saturated rings. The Morgan fingerprint density at radius 3 is 2.65 bits per heavy atom. The molecule has 0 amide bonds. The monoisotopic (exact) mass is 280 g/mol. The predicted octanol–water partition coefficient (Wildman–Crippen LogP) is 1.16. The van der Waals surface area contributed by atoms with Crippen LogP contribution >= 0.6 is 0 Å². The molecule has 1 aromatic rings.